The van der Waals surface area contributed by atoms with E-state index < -0.39 is 0 Å². The first-order valence-electron chi connectivity index (χ1n) is 10.9. The zero-order valence-corrected chi connectivity index (χ0v) is 21.0. The highest BCUT2D eigenvalue weighted by atomic mass is 127. The smallest absolute Gasteiger partial charge is 0.191 e. The van der Waals surface area contributed by atoms with E-state index in [1.165, 1.54) is 5.56 Å². The summed E-state index contributed by atoms with van der Waals surface area (Å²) in [6.07, 6.45) is 4.92. The summed E-state index contributed by atoms with van der Waals surface area (Å²) < 4.78 is 2.21. The van der Waals surface area contributed by atoms with E-state index in [-0.39, 0.29) is 24.0 Å². The molecule has 30 heavy (non-hydrogen) atoms. The van der Waals surface area contributed by atoms with Gasteiger partial charge in [-0.15, -0.1) is 24.0 Å². The second-order valence-corrected chi connectivity index (χ2v) is 8.24. The van der Waals surface area contributed by atoms with E-state index in [2.05, 4.69) is 83.1 Å². The van der Waals surface area contributed by atoms with E-state index in [1.54, 1.807) is 0 Å². The maximum Gasteiger partial charge on any atom is 0.191 e. The van der Waals surface area contributed by atoms with Crippen LogP contribution in [0.15, 0.2) is 47.7 Å². The number of aryl methyl sites for hydroxylation is 2. The van der Waals surface area contributed by atoms with Crippen LogP contribution in [0.1, 0.15) is 39.1 Å². The minimum atomic E-state index is 0. The lowest BCUT2D eigenvalue weighted by Gasteiger charge is -2.22. The fourth-order valence-electron chi connectivity index (χ4n) is 3.85. The summed E-state index contributed by atoms with van der Waals surface area (Å²) in [5.41, 5.74) is 1.34. The van der Waals surface area contributed by atoms with Crippen molar-refractivity contribution in [3.8, 4) is 0 Å². The van der Waals surface area contributed by atoms with Gasteiger partial charge in [0, 0.05) is 50.7 Å². The van der Waals surface area contributed by atoms with Crippen molar-refractivity contribution in [3.05, 3.63) is 54.1 Å². The van der Waals surface area contributed by atoms with Gasteiger partial charge in [0.25, 0.3) is 0 Å². The third kappa shape index (κ3) is 6.97. The Kier molecular flexibility index (Phi) is 10.1. The van der Waals surface area contributed by atoms with Crippen LogP contribution in [-0.4, -0.2) is 52.1 Å². The first-order valence-corrected chi connectivity index (χ1v) is 10.9. The van der Waals surface area contributed by atoms with Crippen molar-refractivity contribution in [2.24, 2.45) is 10.9 Å². The van der Waals surface area contributed by atoms with Gasteiger partial charge >= 0.3 is 0 Å². The number of likely N-dealkylation sites (tertiary alicyclic amines) is 1. The average Bonchev–Trinajstić information content (AvgIpc) is 3.32. The van der Waals surface area contributed by atoms with Crippen molar-refractivity contribution < 1.29 is 0 Å². The first kappa shape index (κ1) is 24.7. The number of hydrogen-bond donors (Lipinski definition) is 2. The van der Waals surface area contributed by atoms with Crippen molar-refractivity contribution >= 4 is 29.9 Å². The molecule has 6 nitrogen and oxygen atoms in total. The van der Waals surface area contributed by atoms with E-state index in [1.807, 2.05) is 12.4 Å². The second kappa shape index (κ2) is 12.3. The van der Waals surface area contributed by atoms with Crippen LogP contribution in [0.25, 0.3) is 0 Å². The highest BCUT2D eigenvalue weighted by Gasteiger charge is 2.31. The molecule has 0 spiro atoms. The molecule has 1 aliphatic rings. The van der Waals surface area contributed by atoms with Crippen molar-refractivity contribution in [1.29, 1.82) is 0 Å². The summed E-state index contributed by atoms with van der Waals surface area (Å²) in [7, 11) is 0. The Morgan fingerprint density at radius 3 is 2.67 bits per heavy atom. The molecule has 0 saturated carbocycles. The SMILES string of the molecule is CCNC(=NCc1nccn1CCc1ccccc1)NC1CN(C(C)C)CC1C.I. The number of nitrogens with one attached hydrogen (secondary N) is 2. The van der Waals surface area contributed by atoms with Gasteiger partial charge in [-0.25, -0.2) is 9.98 Å². The Bertz CT molecular complexity index is 773. The number of aliphatic imine (C=N–C) groups is 1. The lowest BCUT2D eigenvalue weighted by molar-refractivity contribution is 0.265. The van der Waals surface area contributed by atoms with Gasteiger partial charge in [0.2, 0.25) is 0 Å². The van der Waals surface area contributed by atoms with E-state index in [4.69, 9.17) is 4.99 Å². The summed E-state index contributed by atoms with van der Waals surface area (Å²) in [5, 5.41) is 7.05. The monoisotopic (exact) mass is 524 g/mol. The number of rotatable bonds is 8. The van der Waals surface area contributed by atoms with Crippen LogP contribution in [0, 0.1) is 5.92 Å². The maximum absolute atomic E-state index is 4.83. The Morgan fingerprint density at radius 1 is 1.23 bits per heavy atom. The summed E-state index contributed by atoms with van der Waals surface area (Å²) in [6.45, 7) is 13.5. The predicted octanol–water partition coefficient (Wildman–Crippen LogP) is 3.53. The Morgan fingerprint density at radius 2 is 2.00 bits per heavy atom. The number of imidazole rings is 1. The van der Waals surface area contributed by atoms with Gasteiger partial charge in [0.1, 0.15) is 12.4 Å². The molecule has 1 aromatic heterocycles. The van der Waals surface area contributed by atoms with Gasteiger partial charge in [-0.3, -0.25) is 4.90 Å². The summed E-state index contributed by atoms with van der Waals surface area (Å²) in [5.74, 6) is 2.49. The third-order valence-electron chi connectivity index (χ3n) is 5.70. The minimum absolute atomic E-state index is 0. The molecule has 3 rings (SSSR count). The van der Waals surface area contributed by atoms with E-state index in [0.717, 1.165) is 44.4 Å². The fourth-order valence-corrected chi connectivity index (χ4v) is 3.85. The number of aromatic nitrogens is 2. The largest absolute Gasteiger partial charge is 0.357 e. The fraction of sp³-hybridized carbons (Fsp3) is 0.565. The van der Waals surface area contributed by atoms with Gasteiger partial charge < -0.3 is 15.2 Å². The number of halogens is 1. The van der Waals surface area contributed by atoms with E-state index >= 15 is 0 Å². The maximum atomic E-state index is 4.83. The van der Waals surface area contributed by atoms with Gasteiger partial charge in [0.05, 0.1) is 0 Å². The minimum Gasteiger partial charge on any atom is -0.357 e. The molecule has 1 saturated heterocycles. The lowest BCUT2D eigenvalue weighted by Crippen LogP contribution is -2.46. The molecule has 2 heterocycles. The second-order valence-electron chi connectivity index (χ2n) is 8.24. The Hall–Kier alpha value is -1.61. The van der Waals surface area contributed by atoms with Crippen LogP contribution in [0.3, 0.4) is 0 Å². The average molecular weight is 524 g/mol. The van der Waals surface area contributed by atoms with Crippen molar-refractivity contribution in [1.82, 2.24) is 25.1 Å². The highest BCUT2D eigenvalue weighted by Crippen LogP contribution is 2.18. The zero-order valence-electron chi connectivity index (χ0n) is 18.7. The van der Waals surface area contributed by atoms with Crippen LogP contribution in [0.2, 0.25) is 0 Å². The van der Waals surface area contributed by atoms with Crippen molar-refractivity contribution in [3.63, 3.8) is 0 Å². The van der Waals surface area contributed by atoms with Crippen molar-refractivity contribution in [2.45, 2.75) is 59.3 Å². The molecule has 0 bridgehead atoms. The van der Waals surface area contributed by atoms with E-state index in [0.29, 0.717) is 24.5 Å². The summed E-state index contributed by atoms with van der Waals surface area (Å²) >= 11 is 0. The predicted molar refractivity (Wildman–Crippen MR) is 135 cm³/mol. The van der Waals surface area contributed by atoms with Crippen LogP contribution in [-0.2, 0) is 19.5 Å². The zero-order chi connectivity index (χ0) is 20.6. The quantitative estimate of drug-likeness (QED) is 0.315. The number of benzene rings is 1. The van der Waals surface area contributed by atoms with Crippen LogP contribution >= 0.6 is 24.0 Å². The first-order chi connectivity index (χ1) is 14.1. The molecule has 0 aliphatic carbocycles. The molecule has 166 valence electrons. The molecule has 2 unspecified atom stereocenters. The topological polar surface area (TPSA) is 57.5 Å². The summed E-state index contributed by atoms with van der Waals surface area (Å²) in [6, 6.07) is 11.6. The molecule has 2 atom stereocenters. The number of nitrogens with zero attached hydrogens (tertiary/aromatic N) is 4. The Balaban J connectivity index is 0.00000320. The Labute approximate surface area is 198 Å². The molecular formula is C23H37IN6. The standard InChI is InChI=1S/C23H36N6.HI/c1-5-24-23(27-21-17-29(18(2)3)16-19(21)4)26-15-22-25-12-14-28(22)13-11-20-9-7-6-8-10-20;/h6-10,12,14,18-19,21H,5,11,13,15-17H2,1-4H3,(H2,24,26,27);1H. The van der Waals surface area contributed by atoms with Gasteiger partial charge in [-0.05, 0) is 38.7 Å². The normalized spacial score (nSPS) is 19.7. The molecule has 2 N–H and O–H groups in total. The molecular weight excluding hydrogens is 487 g/mol. The highest BCUT2D eigenvalue weighted by molar-refractivity contribution is 14.0. The van der Waals surface area contributed by atoms with Gasteiger partial charge in [-0.1, -0.05) is 37.3 Å². The summed E-state index contributed by atoms with van der Waals surface area (Å²) in [4.78, 5) is 11.9. The molecule has 1 aliphatic heterocycles. The molecule has 2 aromatic rings. The molecule has 7 heteroatoms. The van der Waals surface area contributed by atoms with Crippen molar-refractivity contribution in [2.75, 3.05) is 19.6 Å². The molecule has 1 fully saturated rings. The molecule has 1 aromatic carbocycles. The third-order valence-corrected chi connectivity index (χ3v) is 5.70. The number of hydrogen-bond acceptors (Lipinski definition) is 3. The van der Waals surface area contributed by atoms with Gasteiger partial charge in [0.15, 0.2) is 5.96 Å². The van der Waals surface area contributed by atoms with Gasteiger partial charge in [-0.2, -0.15) is 0 Å². The van der Waals surface area contributed by atoms with Crippen LogP contribution < -0.4 is 10.6 Å². The molecule has 0 radical (unpaired) electrons. The van der Waals surface area contributed by atoms with Crippen LogP contribution in [0.5, 0.6) is 0 Å². The lowest BCUT2D eigenvalue weighted by atomic mass is 10.1. The van der Waals surface area contributed by atoms with E-state index in [9.17, 15) is 0 Å². The van der Waals surface area contributed by atoms with Crippen LogP contribution in [0.4, 0.5) is 0 Å². The molecule has 0 amide bonds. The number of guanidine groups is 1.